The zero-order valence-electron chi connectivity index (χ0n) is 20.0. The second-order valence-electron chi connectivity index (χ2n) is 8.37. The summed E-state index contributed by atoms with van der Waals surface area (Å²) >= 11 is 0. The van der Waals surface area contributed by atoms with E-state index in [0.717, 1.165) is 11.6 Å². The number of methoxy groups -OCH3 is 1. The highest BCUT2D eigenvalue weighted by atomic mass is 19.4. The van der Waals surface area contributed by atoms with Crippen molar-refractivity contribution in [2.24, 2.45) is 5.92 Å². The topological polar surface area (TPSA) is 92.3 Å². The van der Waals surface area contributed by atoms with Crippen LogP contribution in [0.4, 0.5) is 25.1 Å². The van der Waals surface area contributed by atoms with Crippen molar-refractivity contribution < 1.29 is 22.7 Å². The van der Waals surface area contributed by atoms with Crippen LogP contribution in [0.1, 0.15) is 24.0 Å². The van der Waals surface area contributed by atoms with E-state index >= 15 is 0 Å². The predicted molar refractivity (Wildman–Crippen MR) is 130 cm³/mol. The minimum absolute atomic E-state index is 0.0458. The van der Waals surface area contributed by atoms with Crippen LogP contribution in [0.5, 0.6) is 5.75 Å². The van der Waals surface area contributed by atoms with Gasteiger partial charge in [0.2, 0.25) is 17.8 Å². The van der Waals surface area contributed by atoms with Gasteiger partial charge in [0.05, 0.1) is 18.2 Å². The minimum atomic E-state index is -4.47. The summed E-state index contributed by atoms with van der Waals surface area (Å²) in [5.41, 5.74) is 0.0409. The molecular formula is C25H27F3N6O2. The van der Waals surface area contributed by atoms with Crippen LogP contribution >= 0.6 is 0 Å². The average molecular weight is 501 g/mol. The number of benzene rings is 2. The van der Waals surface area contributed by atoms with Crippen molar-refractivity contribution in [1.82, 2.24) is 20.3 Å². The first-order valence-corrected chi connectivity index (χ1v) is 11.5. The summed E-state index contributed by atoms with van der Waals surface area (Å²) in [6.45, 7) is 0.876. The molecule has 0 radical (unpaired) electrons. The zero-order chi connectivity index (χ0) is 25.7. The molecule has 0 aliphatic carbocycles. The molecule has 1 aliphatic rings. The number of nitrogens with one attached hydrogen (secondary N) is 2. The van der Waals surface area contributed by atoms with Crippen molar-refractivity contribution in [3.63, 3.8) is 0 Å². The Morgan fingerprint density at radius 3 is 2.44 bits per heavy atom. The van der Waals surface area contributed by atoms with Gasteiger partial charge in [0, 0.05) is 32.6 Å². The van der Waals surface area contributed by atoms with E-state index < -0.39 is 11.7 Å². The summed E-state index contributed by atoms with van der Waals surface area (Å²) in [5, 5.41) is 5.63. The fraction of sp³-hybridized carbons (Fsp3) is 0.360. The Labute approximate surface area is 206 Å². The van der Waals surface area contributed by atoms with Gasteiger partial charge >= 0.3 is 6.18 Å². The third-order valence-corrected chi connectivity index (χ3v) is 6.12. The van der Waals surface area contributed by atoms with Gasteiger partial charge in [-0.25, -0.2) is 0 Å². The van der Waals surface area contributed by atoms with Gasteiger partial charge in [-0.05, 0) is 36.6 Å². The molecule has 3 aromatic rings. The lowest BCUT2D eigenvalue weighted by Gasteiger charge is -2.31. The maximum absolute atomic E-state index is 13.2. The van der Waals surface area contributed by atoms with E-state index in [0.29, 0.717) is 49.4 Å². The number of aromatic nitrogens is 3. The van der Waals surface area contributed by atoms with E-state index in [9.17, 15) is 18.0 Å². The fourth-order valence-electron chi connectivity index (χ4n) is 4.19. The number of hydrogen-bond donors (Lipinski definition) is 2. The summed E-state index contributed by atoms with van der Waals surface area (Å²) < 4.78 is 45.1. The van der Waals surface area contributed by atoms with E-state index in [4.69, 9.17) is 4.74 Å². The number of amides is 1. The molecule has 0 bridgehead atoms. The number of alkyl halides is 3. The van der Waals surface area contributed by atoms with E-state index in [-0.39, 0.29) is 23.9 Å². The highest BCUT2D eigenvalue weighted by Gasteiger charge is 2.33. The number of carbonyl (C=O) groups is 1. The monoisotopic (exact) mass is 500 g/mol. The summed E-state index contributed by atoms with van der Waals surface area (Å²) in [6.07, 6.45) is -3.42. The van der Waals surface area contributed by atoms with Crippen LogP contribution in [0.3, 0.4) is 0 Å². The van der Waals surface area contributed by atoms with Gasteiger partial charge in [0.1, 0.15) is 5.75 Å². The van der Waals surface area contributed by atoms with Gasteiger partial charge in [0.15, 0.2) is 5.82 Å². The quantitative estimate of drug-likeness (QED) is 0.504. The zero-order valence-corrected chi connectivity index (χ0v) is 20.0. The number of nitrogens with zero attached hydrogens (tertiary/aromatic N) is 4. The van der Waals surface area contributed by atoms with Crippen LogP contribution in [-0.2, 0) is 17.5 Å². The van der Waals surface area contributed by atoms with Crippen molar-refractivity contribution in [3.05, 3.63) is 59.7 Å². The highest BCUT2D eigenvalue weighted by molar-refractivity contribution is 5.79. The Kier molecular flexibility index (Phi) is 7.56. The number of ether oxygens (including phenoxy) is 1. The number of rotatable bonds is 7. The standard InChI is InChI=1S/C25H27F3N6O2/c1-29-23-31-21(18-8-4-6-10-20(18)36-2)32-24(33-23)34-13-11-16(12-14-34)22(35)30-15-17-7-3-5-9-19(17)25(26,27)28/h3-10,16H,11-15H2,1-2H3,(H,30,35)(H,29,31,32,33). The van der Waals surface area contributed by atoms with Crippen LogP contribution in [-0.4, -0.2) is 48.1 Å². The number of halogens is 3. The van der Waals surface area contributed by atoms with Gasteiger partial charge in [-0.2, -0.15) is 28.1 Å². The summed E-state index contributed by atoms with van der Waals surface area (Å²) in [5.74, 6) is 1.42. The smallest absolute Gasteiger partial charge is 0.416 e. The van der Waals surface area contributed by atoms with Crippen molar-refractivity contribution in [3.8, 4) is 17.1 Å². The third-order valence-electron chi connectivity index (χ3n) is 6.12. The molecule has 1 aromatic heterocycles. The molecule has 36 heavy (non-hydrogen) atoms. The summed E-state index contributed by atoms with van der Waals surface area (Å²) in [6, 6.07) is 12.7. The van der Waals surface area contributed by atoms with Crippen LogP contribution in [0.2, 0.25) is 0 Å². The maximum atomic E-state index is 13.2. The summed E-state index contributed by atoms with van der Waals surface area (Å²) in [7, 11) is 3.30. The lowest BCUT2D eigenvalue weighted by Crippen LogP contribution is -2.41. The van der Waals surface area contributed by atoms with Crippen LogP contribution in [0.25, 0.3) is 11.4 Å². The molecule has 1 fully saturated rings. The molecule has 0 atom stereocenters. The molecule has 2 N–H and O–H groups in total. The lowest BCUT2D eigenvalue weighted by atomic mass is 9.96. The van der Waals surface area contributed by atoms with Crippen LogP contribution in [0.15, 0.2) is 48.5 Å². The molecule has 0 unspecified atom stereocenters. The molecule has 2 aromatic carbocycles. The third kappa shape index (κ3) is 5.67. The van der Waals surface area contributed by atoms with Crippen LogP contribution in [0, 0.1) is 5.92 Å². The molecule has 0 spiro atoms. The first kappa shape index (κ1) is 25.2. The molecule has 4 rings (SSSR count). The normalized spacial score (nSPS) is 14.4. The first-order chi connectivity index (χ1) is 17.3. The molecule has 1 amide bonds. The van der Waals surface area contributed by atoms with Gasteiger partial charge < -0.3 is 20.3 Å². The van der Waals surface area contributed by atoms with E-state index in [1.54, 1.807) is 14.2 Å². The molecule has 0 saturated carbocycles. The molecule has 8 nitrogen and oxygen atoms in total. The maximum Gasteiger partial charge on any atom is 0.416 e. The Morgan fingerprint density at radius 1 is 1.06 bits per heavy atom. The van der Waals surface area contributed by atoms with Crippen molar-refractivity contribution >= 4 is 17.8 Å². The number of piperidine rings is 1. The molecule has 11 heteroatoms. The van der Waals surface area contributed by atoms with Gasteiger partial charge in [-0.15, -0.1) is 0 Å². The molecule has 2 heterocycles. The Balaban J connectivity index is 1.42. The first-order valence-electron chi connectivity index (χ1n) is 11.5. The molecule has 1 saturated heterocycles. The van der Waals surface area contributed by atoms with E-state index in [1.807, 2.05) is 29.2 Å². The van der Waals surface area contributed by atoms with Crippen molar-refractivity contribution in [2.45, 2.75) is 25.6 Å². The van der Waals surface area contributed by atoms with Crippen molar-refractivity contribution in [2.75, 3.05) is 37.5 Å². The second kappa shape index (κ2) is 10.8. The van der Waals surface area contributed by atoms with Gasteiger partial charge in [-0.1, -0.05) is 30.3 Å². The predicted octanol–water partition coefficient (Wildman–Crippen LogP) is 4.14. The fourth-order valence-corrected chi connectivity index (χ4v) is 4.19. The number of para-hydroxylation sites is 1. The Hall–Kier alpha value is -3.89. The average Bonchev–Trinajstić information content (AvgIpc) is 2.91. The lowest BCUT2D eigenvalue weighted by molar-refractivity contribution is -0.138. The van der Waals surface area contributed by atoms with E-state index in [2.05, 4.69) is 25.6 Å². The molecular weight excluding hydrogens is 473 g/mol. The largest absolute Gasteiger partial charge is 0.496 e. The second-order valence-corrected chi connectivity index (χ2v) is 8.37. The van der Waals surface area contributed by atoms with Gasteiger partial charge in [0.25, 0.3) is 0 Å². The van der Waals surface area contributed by atoms with Crippen molar-refractivity contribution in [1.29, 1.82) is 0 Å². The molecule has 190 valence electrons. The Bertz CT molecular complexity index is 1210. The number of carbonyl (C=O) groups excluding carboxylic acids is 1. The van der Waals surface area contributed by atoms with Crippen LogP contribution < -0.4 is 20.3 Å². The minimum Gasteiger partial charge on any atom is -0.496 e. The Morgan fingerprint density at radius 2 is 1.75 bits per heavy atom. The van der Waals surface area contributed by atoms with E-state index in [1.165, 1.54) is 18.2 Å². The molecule has 1 aliphatic heterocycles. The number of anilines is 2. The SMILES string of the molecule is CNc1nc(-c2ccccc2OC)nc(N2CCC(C(=O)NCc3ccccc3C(F)(F)F)CC2)n1. The highest BCUT2D eigenvalue weighted by Crippen LogP contribution is 2.32. The summed E-state index contributed by atoms with van der Waals surface area (Å²) in [4.78, 5) is 28.3. The van der Waals surface area contributed by atoms with Gasteiger partial charge in [-0.3, -0.25) is 4.79 Å². The number of hydrogen-bond acceptors (Lipinski definition) is 7.